The van der Waals surface area contributed by atoms with Crippen LogP contribution in [0.2, 0.25) is 0 Å². The van der Waals surface area contributed by atoms with Gasteiger partial charge in [-0.1, -0.05) is 0 Å². The first-order valence-electron chi connectivity index (χ1n) is 5.12. The van der Waals surface area contributed by atoms with E-state index in [1.165, 1.54) is 6.39 Å². The maximum atomic E-state index is 9.93. The number of hydrogen-bond acceptors (Lipinski definition) is 4. The molecule has 1 aliphatic rings. The van der Waals surface area contributed by atoms with Crippen molar-refractivity contribution >= 4 is 0 Å². The second kappa shape index (κ2) is 4.57. The lowest BCUT2D eigenvalue weighted by Gasteiger charge is -2.26. The van der Waals surface area contributed by atoms with Gasteiger partial charge in [-0.2, -0.15) is 0 Å². The van der Waals surface area contributed by atoms with Gasteiger partial charge < -0.3 is 14.8 Å². The molecule has 1 aromatic rings. The Bertz CT molecular complexity index is 255. The van der Waals surface area contributed by atoms with Crippen LogP contribution in [0.3, 0.4) is 0 Å². The van der Waals surface area contributed by atoms with Crippen molar-refractivity contribution in [2.45, 2.75) is 25.4 Å². The van der Waals surface area contributed by atoms with E-state index in [9.17, 15) is 5.11 Å². The highest BCUT2D eigenvalue weighted by molar-refractivity contribution is 4.92. The van der Waals surface area contributed by atoms with Crippen LogP contribution in [0.4, 0.5) is 0 Å². The lowest BCUT2D eigenvalue weighted by Crippen LogP contribution is -2.34. The summed E-state index contributed by atoms with van der Waals surface area (Å²) in [5, 5.41) is 13.2. The molecule has 0 aliphatic carbocycles. The van der Waals surface area contributed by atoms with Gasteiger partial charge in [-0.3, -0.25) is 0 Å². The predicted octanol–water partition coefficient (Wildman–Crippen LogP) is 0.578. The minimum Gasteiger partial charge on any atom is -0.448 e. The van der Waals surface area contributed by atoms with Crippen molar-refractivity contribution in [1.29, 1.82) is 0 Å². The van der Waals surface area contributed by atoms with Crippen LogP contribution in [0.15, 0.2) is 17.0 Å². The van der Waals surface area contributed by atoms with Gasteiger partial charge in [0, 0.05) is 6.42 Å². The lowest BCUT2D eigenvalue weighted by molar-refractivity contribution is 0.0843. The first-order chi connectivity index (χ1) is 6.86. The Balaban J connectivity index is 1.85. The Labute approximate surface area is 83.3 Å². The average molecular weight is 196 g/mol. The summed E-state index contributed by atoms with van der Waals surface area (Å²) in [4.78, 5) is 3.83. The summed E-state index contributed by atoms with van der Waals surface area (Å²) < 4.78 is 5.11. The quantitative estimate of drug-likeness (QED) is 0.742. The molecule has 0 aromatic carbocycles. The molecule has 1 saturated heterocycles. The van der Waals surface area contributed by atoms with Crippen molar-refractivity contribution in [3.05, 3.63) is 18.4 Å². The van der Waals surface area contributed by atoms with E-state index in [0.29, 0.717) is 12.3 Å². The SMILES string of the molecule is OC(Cc1cnco1)C1CCNCC1. The number of aliphatic hydroxyl groups excluding tert-OH is 1. The minimum atomic E-state index is -0.287. The van der Waals surface area contributed by atoms with Gasteiger partial charge in [0.25, 0.3) is 0 Å². The van der Waals surface area contributed by atoms with E-state index in [1.54, 1.807) is 6.20 Å². The van der Waals surface area contributed by atoms with E-state index in [2.05, 4.69) is 10.3 Å². The third-order valence-electron chi connectivity index (χ3n) is 2.82. The number of oxazole rings is 1. The first-order valence-corrected chi connectivity index (χ1v) is 5.12. The molecule has 1 aliphatic heterocycles. The molecule has 1 atom stereocenters. The van der Waals surface area contributed by atoms with E-state index < -0.39 is 0 Å². The molecule has 14 heavy (non-hydrogen) atoms. The van der Waals surface area contributed by atoms with Crippen molar-refractivity contribution < 1.29 is 9.52 Å². The van der Waals surface area contributed by atoms with Crippen LogP contribution in [-0.2, 0) is 6.42 Å². The maximum Gasteiger partial charge on any atom is 0.180 e. The zero-order valence-electron chi connectivity index (χ0n) is 8.15. The zero-order valence-corrected chi connectivity index (χ0v) is 8.15. The largest absolute Gasteiger partial charge is 0.448 e. The first kappa shape index (κ1) is 9.68. The summed E-state index contributed by atoms with van der Waals surface area (Å²) in [6, 6.07) is 0. The van der Waals surface area contributed by atoms with E-state index in [4.69, 9.17) is 4.42 Å². The Morgan fingerprint density at radius 3 is 3.00 bits per heavy atom. The van der Waals surface area contributed by atoms with Crippen molar-refractivity contribution in [2.24, 2.45) is 5.92 Å². The summed E-state index contributed by atoms with van der Waals surface area (Å²) >= 11 is 0. The van der Waals surface area contributed by atoms with Crippen LogP contribution >= 0.6 is 0 Å². The summed E-state index contributed by atoms with van der Waals surface area (Å²) in [7, 11) is 0. The van der Waals surface area contributed by atoms with Crippen LogP contribution in [0, 0.1) is 5.92 Å². The third kappa shape index (κ3) is 2.33. The summed E-state index contributed by atoms with van der Waals surface area (Å²) in [6.45, 7) is 2.02. The van der Waals surface area contributed by atoms with Gasteiger partial charge in [-0.25, -0.2) is 4.98 Å². The van der Waals surface area contributed by atoms with Gasteiger partial charge in [0.1, 0.15) is 5.76 Å². The van der Waals surface area contributed by atoms with E-state index >= 15 is 0 Å². The number of nitrogens with one attached hydrogen (secondary N) is 1. The fourth-order valence-electron chi connectivity index (χ4n) is 1.94. The molecular formula is C10H16N2O2. The van der Waals surface area contributed by atoms with Crippen LogP contribution in [-0.4, -0.2) is 29.3 Å². The molecule has 4 heteroatoms. The summed E-state index contributed by atoms with van der Waals surface area (Å²) in [5.41, 5.74) is 0. The zero-order chi connectivity index (χ0) is 9.80. The Morgan fingerprint density at radius 2 is 2.36 bits per heavy atom. The maximum absolute atomic E-state index is 9.93. The van der Waals surface area contributed by atoms with E-state index in [1.807, 2.05) is 0 Å². The highest BCUT2D eigenvalue weighted by Crippen LogP contribution is 2.19. The predicted molar refractivity (Wildman–Crippen MR) is 51.8 cm³/mol. The highest BCUT2D eigenvalue weighted by atomic mass is 16.3. The molecule has 4 nitrogen and oxygen atoms in total. The molecule has 1 unspecified atom stereocenters. The average Bonchev–Trinajstić information content (AvgIpc) is 2.72. The van der Waals surface area contributed by atoms with Gasteiger partial charge >= 0.3 is 0 Å². The van der Waals surface area contributed by atoms with E-state index in [-0.39, 0.29) is 6.10 Å². The molecule has 2 rings (SSSR count). The van der Waals surface area contributed by atoms with Gasteiger partial charge in [-0.15, -0.1) is 0 Å². The minimum absolute atomic E-state index is 0.287. The fourth-order valence-corrected chi connectivity index (χ4v) is 1.94. The Hall–Kier alpha value is -0.870. The Kier molecular flexibility index (Phi) is 3.16. The van der Waals surface area contributed by atoms with Crippen LogP contribution in [0.5, 0.6) is 0 Å². The number of piperidine rings is 1. The second-order valence-electron chi connectivity index (χ2n) is 3.83. The fraction of sp³-hybridized carbons (Fsp3) is 0.700. The van der Waals surface area contributed by atoms with Crippen molar-refractivity contribution in [1.82, 2.24) is 10.3 Å². The van der Waals surface area contributed by atoms with Gasteiger partial charge in [-0.05, 0) is 31.8 Å². The number of rotatable bonds is 3. The number of aliphatic hydroxyl groups is 1. The number of nitrogens with zero attached hydrogens (tertiary/aromatic N) is 1. The van der Waals surface area contributed by atoms with Crippen LogP contribution < -0.4 is 5.32 Å². The molecular weight excluding hydrogens is 180 g/mol. The highest BCUT2D eigenvalue weighted by Gasteiger charge is 2.22. The molecule has 0 saturated carbocycles. The molecule has 78 valence electrons. The molecule has 0 bridgehead atoms. The molecule has 1 fully saturated rings. The molecule has 0 spiro atoms. The standard InChI is InChI=1S/C10H16N2O2/c13-10(5-9-6-12-7-14-9)8-1-3-11-4-2-8/h6-8,10-11,13H,1-5H2. The van der Waals surface area contributed by atoms with Crippen LogP contribution in [0.1, 0.15) is 18.6 Å². The van der Waals surface area contributed by atoms with Crippen molar-refractivity contribution in [3.8, 4) is 0 Å². The molecule has 2 N–H and O–H groups in total. The van der Waals surface area contributed by atoms with Gasteiger partial charge in [0.05, 0.1) is 12.3 Å². The van der Waals surface area contributed by atoms with Crippen molar-refractivity contribution in [3.63, 3.8) is 0 Å². The molecule has 1 aromatic heterocycles. The third-order valence-corrected chi connectivity index (χ3v) is 2.82. The normalized spacial score (nSPS) is 20.9. The Morgan fingerprint density at radius 1 is 1.57 bits per heavy atom. The van der Waals surface area contributed by atoms with Gasteiger partial charge in [0.15, 0.2) is 6.39 Å². The smallest absolute Gasteiger partial charge is 0.180 e. The summed E-state index contributed by atoms with van der Waals surface area (Å²) in [5.74, 6) is 1.18. The topological polar surface area (TPSA) is 58.3 Å². The monoisotopic (exact) mass is 196 g/mol. The number of hydrogen-bond donors (Lipinski definition) is 2. The summed E-state index contributed by atoms with van der Waals surface area (Å²) in [6.07, 6.45) is 5.48. The van der Waals surface area contributed by atoms with E-state index in [0.717, 1.165) is 31.7 Å². The van der Waals surface area contributed by atoms with Crippen LogP contribution in [0.25, 0.3) is 0 Å². The number of aromatic nitrogens is 1. The lowest BCUT2D eigenvalue weighted by atomic mass is 9.90. The van der Waals surface area contributed by atoms with Crippen molar-refractivity contribution in [2.75, 3.05) is 13.1 Å². The molecule has 0 radical (unpaired) electrons. The van der Waals surface area contributed by atoms with Gasteiger partial charge in [0.2, 0.25) is 0 Å². The molecule has 0 amide bonds. The second-order valence-corrected chi connectivity index (χ2v) is 3.83. The molecule has 2 heterocycles.